The minimum absolute atomic E-state index is 0.0176. The van der Waals surface area contributed by atoms with Crippen molar-refractivity contribution in [3.05, 3.63) is 119 Å². The molecule has 0 radical (unpaired) electrons. The molecule has 1 aromatic heterocycles. The average Bonchev–Trinajstić information content (AvgIpc) is 3.12. The summed E-state index contributed by atoms with van der Waals surface area (Å²) in [7, 11) is 0. The lowest BCUT2D eigenvalue weighted by Crippen LogP contribution is -2.45. The van der Waals surface area contributed by atoms with E-state index >= 15 is 0 Å². The molecule has 11 nitrogen and oxygen atoms in total. The van der Waals surface area contributed by atoms with Crippen molar-refractivity contribution >= 4 is 29.1 Å². The Balaban J connectivity index is 1.60. The van der Waals surface area contributed by atoms with Crippen molar-refractivity contribution in [3.8, 4) is 17.6 Å². The first-order chi connectivity index (χ1) is 23.7. The molecule has 3 unspecified atom stereocenters. The second-order valence-electron chi connectivity index (χ2n) is 11.3. The van der Waals surface area contributed by atoms with Crippen LogP contribution in [-0.2, 0) is 27.5 Å². The summed E-state index contributed by atoms with van der Waals surface area (Å²) in [5.41, 5.74) is 2.75. The smallest absolute Gasteiger partial charge is 0.323 e. The molecular formula is C37H39ClN4O7. The fourth-order valence-corrected chi connectivity index (χ4v) is 5.49. The van der Waals surface area contributed by atoms with E-state index in [0.717, 1.165) is 11.1 Å². The maximum absolute atomic E-state index is 11.6. The molecule has 4 N–H and O–H groups in total. The van der Waals surface area contributed by atoms with Gasteiger partial charge in [-0.1, -0.05) is 67.6 Å². The van der Waals surface area contributed by atoms with Crippen LogP contribution in [0, 0.1) is 17.2 Å². The number of aliphatic hydroxyl groups is 1. The number of aliphatic hydroxyl groups excluding tert-OH is 1. The molecule has 0 fully saturated rings. The van der Waals surface area contributed by atoms with E-state index in [1.54, 1.807) is 24.4 Å². The topological polar surface area (TPSA) is 163 Å². The number of nitrogens with zero attached hydrogens (tertiary/aromatic N) is 2. The highest BCUT2D eigenvalue weighted by atomic mass is 35.5. The summed E-state index contributed by atoms with van der Waals surface area (Å²) in [6.45, 7) is 5.83. The van der Waals surface area contributed by atoms with Gasteiger partial charge < -0.3 is 29.7 Å². The van der Waals surface area contributed by atoms with Gasteiger partial charge in [-0.15, -0.1) is 0 Å². The van der Waals surface area contributed by atoms with Crippen molar-refractivity contribution in [2.24, 2.45) is 5.92 Å². The predicted octanol–water partition coefficient (Wildman–Crippen LogP) is 4.84. The van der Waals surface area contributed by atoms with Gasteiger partial charge >= 0.3 is 5.97 Å². The van der Waals surface area contributed by atoms with Crippen LogP contribution < -0.4 is 20.1 Å². The molecule has 12 heteroatoms. The van der Waals surface area contributed by atoms with Crippen LogP contribution in [0.5, 0.6) is 11.5 Å². The summed E-state index contributed by atoms with van der Waals surface area (Å²) in [5, 5.41) is 34.0. The number of carboxylic acids is 1. The lowest BCUT2D eigenvalue weighted by Gasteiger charge is -2.39. The summed E-state index contributed by atoms with van der Waals surface area (Å²) >= 11 is 6.74. The van der Waals surface area contributed by atoms with Crippen molar-refractivity contribution in [2.45, 2.75) is 38.1 Å². The Bertz CT molecular complexity index is 1720. The second-order valence-corrected chi connectivity index (χ2v) is 11.7. The molecule has 0 saturated heterocycles. The molecule has 49 heavy (non-hydrogen) atoms. The number of nitrogens with one attached hydrogen (secondary N) is 2. The van der Waals surface area contributed by atoms with E-state index in [1.165, 1.54) is 12.3 Å². The van der Waals surface area contributed by atoms with E-state index in [2.05, 4.69) is 41.3 Å². The highest BCUT2D eigenvalue weighted by molar-refractivity contribution is 6.32. The Hall–Kier alpha value is -4.99. The Labute approximate surface area is 290 Å². The Kier molecular flexibility index (Phi) is 13.5. The zero-order valence-corrected chi connectivity index (χ0v) is 27.9. The van der Waals surface area contributed by atoms with E-state index < -0.39 is 24.2 Å². The van der Waals surface area contributed by atoms with Gasteiger partial charge in [-0.3, -0.25) is 19.9 Å². The van der Waals surface area contributed by atoms with Crippen molar-refractivity contribution in [1.82, 2.24) is 15.6 Å². The highest BCUT2D eigenvalue weighted by Crippen LogP contribution is 2.40. The Morgan fingerprint density at radius 3 is 2.69 bits per heavy atom. The van der Waals surface area contributed by atoms with Gasteiger partial charge in [0.25, 0.3) is 0 Å². The van der Waals surface area contributed by atoms with Crippen LogP contribution in [0.1, 0.15) is 35.6 Å². The number of hydrogen-bond donors (Lipinski definition) is 4. The van der Waals surface area contributed by atoms with E-state index in [1.807, 2.05) is 42.5 Å². The number of carboxylic acid groups (broad SMARTS) is 1. The van der Waals surface area contributed by atoms with Crippen molar-refractivity contribution in [2.75, 3.05) is 26.4 Å². The Morgan fingerprint density at radius 2 is 1.98 bits per heavy atom. The molecule has 1 aliphatic rings. The first kappa shape index (κ1) is 36.8. The minimum atomic E-state index is -1.21. The van der Waals surface area contributed by atoms with Gasteiger partial charge in [-0.05, 0) is 41.8 Å². The molecule has 1 heterocycles. The number of amides is 1. The number of carbonyl (C=O) groups excluding carboxylic acids is 1. The normalized spacial score (nSPS) is 17.3. The van der Waals surface area contributed by atoms with E-state index in [0.29, 0.717) is 47.8 Å². The zero-order valence-electron chi connectivity index (χ0n) is 27.1. The first-order valence-electron chi connectivity index (χ1n) is 15.7. The second kappa shape index (κ2) is 18.0. The van der Waals surface area contributed by atoms with Crippen LogP contribution in [0.3, 0.4) is 0 Å². The lowest BCUT2D eigenvalue weighted by atomic mass is 9.77. The number of rotatable bonds is 18. The van der Waals surface area contributed by atoms with Gasteiger partial charge in [0.05, 0.1) is 17.2 Å². The zero-order chi connectivity index (χ0) is 35.2. The summed E-state index contributed by atoms with van der Waals surface area (Å²) in [6.07, 6.45) is 10.8. The van der Waals surface area contributed by atoms with Crippen LogP contribution in [0.4, 0.5) is 0 Å². The van der Waals surface area contributed by atoms with Crippen molar-refractivity contribution in [3.63, 3.8) is 0 Å². The van der Waals surface area contributed by atoms with Gasteiger partial charge in [0.2, 0.25) is 5.91 Å². The molecule has 0 bridgehead atoms. The van der Waals surface area contributed by atoms with Crippen LogP contribution in [0.25, 0.3) is 5.57 Å². The summed E-state index contributed by atoms with van der Waals surface area (Å²) in [6, 6.07) is 15.7. The summed E-state index contributed by atoms with van der Waals surface area (Å²) in [5.74, 6) is -0.955. The Morgan fingerprint density at radius 1 is 1.18 bits per heavy atom. The van der Waals surface area contributed by atoms with Crippen molar-refractivity contribution < 1.29 is 34.0 Å². The number of allylic oxidation sites excluding steroid dienone is 2. The minimum Gasteiger partial charge on any atom is -0.489 e. The number of ether oxygens (including phenoxy) is 3. The third kappa shape index (κ3) is 10.0. The molecule has 0 spiro atoms. The number of nitriles is 1. The molecule has 0 saturated carbocycles. The number of hydrogen-bond acceptors (Lipinski definition) is 9. The van der Waals surface area contributed by atoms with Gasteiger partial charge in [0.1, 0.15) is 42.4 Å². The first-order valence-corrected chi connectivity index (χ1v) is 16.1. The van der Waals surface area contributed by atoms with Gasteiger partial charge in [0.15, 0.2) is 0 Å². The van der Waals surface area contributed by atoms with E-state index in [-0.39, 0.29) is 36.6 Å². The largest absolute Gasteiger partial charge is 0.489 e. The maximum Gasteiger partial charge on any atom is 0.323 e. The third-order valence-corrected chi connectivity index (χ3v) is 8.34. The molecule has 3 aromatic rings. The molecule has 4 rings (SSSR count). The fraction of sp³-hybridized carbons (Fsp3) is 0.297. The van der Waals surface area contributed by atoms with Crippen LogP contribution >= 0.6 is 11.6 Å². The molecule has 3 atom stereocenters. The fourth-order valence-electron chi connectivity index (χ4n) is 5.25. The SMILES string of the molecule is C=CC(=O)NCCCOC1(COc2cc(OCc3cncc(C#N)c3)c(CNC(CO)C(=O)O)cc2Cl)C=CC=C(c2ccccc2)C1C. The quantitative estimate of drug-likeness (QED) is 0.108. The van der Waals surface area contributed by atoms with Gasteiger partial charge in [0, 0.05) is 55.2 Å². The summed E-state index contributed by atoms with van der Waals surface area (Å²) < 4.78 is 19.1. The average molecular weight is 687 g/mol. The van der Waals surface area contributed by atoms with Gasteiger partial charge in [-0.2, -0.15) is 5.26 Å². The lowest BCUT2D eigenvalue weighted by molar-refractivity contribution is -0.140. The number of halogens is 1. The van der Waals surface area contributed by atoms with Gasteiger partial charge in [-0.25, -0.2) is 0 Å². The van der Waals surface area contributed by atoms with Crippen molar-refractivity contribution in [1.29, 1.82) is 5.26 Å². The molecular weight excluding hydrogens is 648 g/mol. The standard InChI is InChI=1S/C37H39ClN4O7/c1-3-35(44)41-13-8-14-49-37(12-7-11-30(25(37)2)28-9-5-4-6-10-28)24-48-34-17-33(47-23-27-15-26(18-39)19-40-20-27)29(16-31(34)38)21-42-32(22-43)36(45)46/h3-7,9-12,15-17,19-20,25,32,42-43H,1,8,13-14,21-24H2,2H3,(H,41,44)(H,45,46). The third-order valence-electron chi connectivity index (χ3n) is 8.04. The number of aromatic nitrogens is 1. The van der Waals surface area contributed by atoms with Crippen LogP contribution in [0.2, 0.25) is 5.02 Å². The molecule has 1 amide bonds. The number of benzene rings is 2. The maximum atomic E-state index is 11.6. The highest BCUT2D eigenvalue weighted by Gasteiger charge is 2.40. The number of pyridine rings is 1. The molecule has 2 aromatic carbocycles. The van der Waals surface area contributed by atoms with Crippen LogP contribution in [-0.4, -0.2) is 65.1 Å². The van der Waals surface area contributed by atoms with Crippen LogP contribution in [0.15, 0.2) is 91.8 Å². The molecule has 256 valence electrons. The number of carbonyl (C=O) groups is 2. The predicted molar refractivity (Wildman–Crippen MR) is 185 cm³/mol. The molecule has 0 aliphatic heterocycles. The number of aliphatic carboxylic acids is 1. The summed E-state index contributed by atoms with van der Waals surface area (Å²) in [4.78, 5) is 27.2. The van der Waals surface area contributed by atoms with E-state index in [4.69, 9.17) is 25.8 Å². The van der Waals surface area contributed by atoms with E-state index in [9.17, 15) is 25.1 Å². The molecule has 1 aliphatic carbocycles. The monoisotopic (exact) mass is 686 g/mol.